The van der Waals surface area contributed by atoms with E-state index in [1.54, 1.807) is 35.3 Å². The standard InChI is InChI=1S/C21H27FN4O2S/c1-3-19(27)23-9-6-17-13-29-20(24-17)15-7-10-26(11-8-15)21(28)25-16-5-4-14(2)18(22)12-16/h4-5,12-13,15H,3,6-11H2,1-2H3,(H,23,27)(H,25,28). The molecule has 1 aliphatic rings. The van der Waals surface area contributed by atoms with Gasteiger partial charge in [-0.15, -0.1) is 11.3 Å². The van der Waals surface area contributed by atoms with E-state index in [1.807, 2.05) is 6.92 Å². The molecule has 29 heavy (non-hydrogen) atoms. The van der Waals surface area contributed by atoms with Crippen LogP contribution in [0, 0.1) is 12.7 Å². The summed E-state index contributed by atoms with van der Waals surface area (Å²) in [5.74, 6) is 0.0784. The molecule has 1 aliphatic heterocycles. The van der Waals surface area contributed by atoms with Gasteiger partial charge in [0.1, 0.15) is 5.82 Å². The van der Waals surface area contributed by atoms with Gasteiger partial charge in [-0.2, -0.15) is 0 Å². The van der Waals surface area contributed by atoms with Gasteiger partial charge in [0.05, 0.1) is 10.7 Å². The molecule has 156 valence electrons. The lowest BCUT2D eigenvalue weighted by molar-refractivity contribution is -0.120. The van der Waals surface area contributed by atoms with E-state index in [1.165, 1.54) is 6.07 Å². The van der Waals surface area contributed by atoms with Gasteiger partial charge in [-0.1, -0.05) is 13.0 Å². The molecule has 1 aromatic heterocycles. The Morgan fingerprint density at radius 2 is 2.07 bits per heavy atom. The molecule has 6 nitrogen and oxygen atoms in total. The molecule has 0 spiro atoms. The molecule has 1 aromatic carbocycles. The molecule has 0 saturated carbocycles. The fraction of sp³-hybridized carbons (Fsp3) is 0.476. The zero-order valence-corrected chi connectivity index (χ0v) is 17.7. The number of aryl methyl sites for hydroxylation is 1. The number of hydrogen-bond acceptors (Lipinski definition) is 4. The number of nitrogens with one attached hydrogen (secondary N) is 2. The molecule has 2 heterocycles. The molecule has 2 N–H and O–H groups in total. The second kappa shape index (κ2) is 9.82. The Morgan fingerprint density at radius 3 is 2.76 bits per heavy atom. The number of carbonyl (C=O) groups is 2. The maximum Gasteiger partial charge on any atom is 0.321 e. The Hall–Kier alpha value is -2.48. The molecule has 1 fully saturated rings. The van der Waals surface area contributed by atoms with Crippen molar-refractivity contribution in [2.75, 3.05) is 25.0 Å². The van der Waals surface area contributed by atoms with Crippen LogP contribution in [0.1, 0.15) is 48.4 Å². The summed E-state index contributed by atoms with van der Waals surface area (Å²) < 4.78 is 13.7. The number of aromatic nitrogens is 1. The highest BCUT2D eigenvalue weighted by Crippen LogP contribution is 2.30. The highest BCUT2D eigenvalue weighted by atomic mass is 32.1. The lowest BCUT2D eigenvalue weighted by Gasteiger charge is -2.31. The molecule has 2 aromatic rings. The van der Waals surface area contributed by atoms with Crippen LogP contribution in [0.5, 0.6) is 0 Å². The fourth-order valence-electron chi connectivity index (χ4n) is 3.28. The summed E-state index contributed by atoms with van der Waals surface area (Å²) in [6, 6.07) is 4.52. The molecular formula is C21H27FN4O2S. The van der Waals surface area contributed by atoms with Crippen molar-refractivity contribution in [2.45, 2.75) is 45.4 Å². The lowest BCUT2D eigenvalue weighted by Crippen LogP contribution is -2.40. The van der Waals surface area contributed by atoms with Gasteiger partial charge in [-0.25, -0.2) is 14.2 Å². The number of halogens is 1. The average molecular weight is 419 g/mol. The monoisotopic (exact) mass is 418 g/mol. The molecule has 0 unspecified atom stereocenters. The van der Waals surface area contributed by atoms with Crippen LogP contribution >= 0.6 is 11.3 Å². The summed E-state index contributed by atoms with van der Waals surface area (Å²) in [7, 11) is 0. The third kappa shape index (κ3) is 5.76. The van der Waals surface area contributed by atoms with Crippen molar-refractivity contribution in [2.24, 2.45) is 0 Å². The van der Waals surface area contributed by atoms with Crippen LogP contribution in [0.4, 0.5) is 14.9 Å². The lowest BCUT2D eigenvalue weighted by atomic mass is 9.98. The number of carbonyl (C=O) groups excluding carboxylic acids is 2. The van der Waals surface area contributed by atoms with Crippen LogP contribution in [0.2, 0.25) is 0 Å². The summed E-state index contributed by atoms with van der Waals surface area (Å²) in [5, 5.41) is 8.79. The second-order valence-corrected chi connectivity index (χ2v) is 8.18. The number of hydrogen-bond donors (Lipinski definition) is 2. The molecule has 3 amide bonds. The van der Waals surface area contributed by atoms with E-state index >= 15 is 0 Å². The molecule has 0 aliphatic carbocycles. The number of piperidine rings is 1. The van der Waals surface area contributed by atoms with E-state index in [0.29, 0.717) is 43.2 Å². The van der Waals surface area contributed by atoms with Crippen molar-refractivity contribution >= 4 is 29.0 Å². The molecule has 1 saturated heterocycles. The van der Waals surface area contributed by atoms with Gasteiger partial charge in [0.15, 0.2) is 0 Å². The average Bonchev–Trinajstić information content (AvgIpc) is 3.19. The first-order chi connectivity index (χ1) is 14.0. The minimum Gasteiger partial charge on any atom is -0.356 e. The third-order valence-corrected chi connectivity index (χ3v) is 6.20. The van der Waals surface area contributed by atoms with Crippen molar-refractivity contribution in [3.8, 4) is 0 Å². The normalized spacial score (nSPS) is 14.7. The Labute approximate surface area is 174 Å². The summed E-state index contributed by atoms with van der Waals surface area (Å²) in [6.45, 7) is 5.42. The summed E-state index contributed by atoms with van der Waals surface area (Å²) in [6.07, 6.45) is 2.94. The van der Waals surface area contributed by atoms with E-state index in [-0.39, 0.29) is 17.8 Å². The second-order valence-electron chi connectivity index (χ2n) is 7.29. The third-order valence-electron chi connectivity index (χ3n) is 5.15. The van der Waals surface area contributed by atoms with Crippen LogP contribution in [0.25, 0.3) is 0 Å². The Kier molecular flexibility index (Phi) is 7.19. The first-order valence-corrected chi connectivity index (χ1v) is 10.9. The van der Waals surface area contributed by atoms with Crippen molar-refractivity contribution in [3.05, 3.63) is 45.7 Å². The number of rotatable bonds is 6. The van der Waals surface area contributed by atoms with E-state index in [0.717, 1.165) is 30.0 Å². The summed E-state index contributed by atoms with van der Waals surface area (Å²) in [5.41, 5.74) is 2.03. The number of likely N-dealkylation sites (tertiary alicyclic amines) is 1. The maximum absolute atomic E-state index is 13.7. The Bertz CT molecular complexity index is 862. The minimum atomic E-state index is -0.324. The minimum absolute atomic E-state index is 0.0551. The molecule has 0 bridgehead atoms. The molecule has 0 radical (unpaired) electrons. The molecule has 3 rings (SSSR count). The van der Waals surface area contributed by atoms with Gasteiger partial charge >= 0.3 is 6.03 Å². The van der Waals surface area contributed by atoms with Crippen LogP contribution in [-0.2, 0) is 11.2 Å². The Balaban J connectivity index is 1.47. The van der Waals surface area contributed by atoms with Crippen LogP contribution < -0.4 is 10.6 Å². The van der Waals surface area contributed by atoms with E-state index in [2.05, 4.69) is 16.0 Å². The number of nitrogens with zero attached hydrogens (tertiary/aromatic N) is 2. The molecular weight excluding hydrogens is 391 g/mol. The molecule has 0 atom stereocenters. The number of urea groups is 1. The summed E-state index contributed by atoms with van der Waals surface area (Å²) >= 11 is 1.65. The van der Waals surface area contributed by atoms with E-state index in [4.69, 9.17) is 4.98 Å². The van der Waals surface area contributed by atoms with E-state index < -0.39 is 0 Å². The number of thiazole rings is 1. The first kappa shape index (κ1) is 21.2. The predicted octanol–water partition coefficient (Wildman–Crippen LogP) is 4.07. The van der Waals surface area contributed by atoms with Gasteiger partial charge in [0, 0.05) is 49.5 Å². The van der Waals surface area contributed by atoms with Crippen LogP contribution in [0.3, 0.4) is 0 Å². The smallest absolute Gasteiger partial charge is 0.321 e. The zero-order chi connectivity index (χ0) is 20.8. The van der Waals surface area contributed by atoms with Gasteiger partial charge in [0.25, 0.3) is 0 Å². The van der Waals surface area contributed by atoms with Gasteiger partial charge < -0.3 is 15.5 Å². The van der Waals surface area contributed by atoms with Gasteiger partial charge in [-0.05, 0) is 37.5 Å². The van der Waals surface area contributed by atoms with Crippen molar-refractivity contribution < 1.29 is 14.0 Å². The predicted molar refractivity (Wildman–Crippen MR) is 113 cm³/mol. The van der Waals surface area contributed by atoms with Crippen molar-refractivity contribution in [3.63, 3.8) is 0 Å². The van der Waals surface area contributed by atoms with Crippen LogP contribution in [0.15, 0.2) is 23.6 Å². The fourth-order valence-corrected chi connectivity index (χ4v) is 4.31. The molecule has 8 heteroatoms. The van der Waals surface area contributed by atoms with E-state index in [9.17, 15) is 14.0 Å². The van der Waals surface area contributed by atoms with Gasteiger partial charge in [-0.3, -0.25) is 4.79 Å². The Morgan fingerprint density at radius 1 is 1.31 bits per heavy atom. The highest BCUT2D eigenvalue weighted by Gasteiger charge is 2.25. The SMILES string of the molecule is CCC(=O)NCCc1csc(C2CCN(C(=O)Nc3ccc(C)c(F)c3)CC2)n1. The zero-order valence-electron chi connectivity index (χ0n) is 16.8. The van der Waals surface area contributed by atoms with Crippen molar-refractivity contribution in [1.82, 2.24) is 15.2 Å². The topological polar surface area (TPSA) is 74.3 Å². The van der Waals surface area contributed by atoms with Gasteiger partial charge in [0.2, 0.25) is 5.91 Å². The quantitative estimate of drug-likeness (QED) is 0.743. The summed E-state index contributed by atoms with van der Waals surface area (Å²) in [4.78, 5) is 30.2. The maximum atomic E-state index is 13.7. The van der Waals surface area contributed by atoms with Crippen LogP contribution in [-0.4, -0.2) is 41.5 Å². The first-order valence-electron chi connectivity index (χ1n) is 9.99. The number of anilines is 1. The van der Waals surface area contributed by atoms with Crippen molar-refractivity contribution in [1.29, 1.82) is 0 Å². The largest absolute Gasteiger partial charge is 0.356 e. The number of amides is 3. The number of benzene rings is 1. The highest BCUT2D eigenvalue weighted by molar-refractivity contribution is 7.09.